The summed E-state index contributed by atoms with van der Waals surface area (Å²) in [5, 5.41) is 20.1. The number of aliphatic hydroxyl groups excluding tert-OH is 2. The Morgan fingerprint density at radius 1 is 1.41 bits per heavy atom. The second kappa shape index (κ2) is 6.28. The van der Waals surface area contributed by atoms with Gasteiger partial charge in [0.1, 0.15) is 12.2 Å². The van der Waals surface area contributed by atoms with Crippen molar-refractivity contribution in [1.82, 2.24) is 0 Å². The zero-order chi connectivity index (χ0) is 15.7. The molecule has 3 aliphatic heterocycles. The van der Waals surface area contributed by atoms with Gasteiger partial charge in [-0.25, -0.2) is 4.79 Å². The molecule has 3 unspecified atom stereocenters. The van der Waals surface area contributed by atoms with Gasteiger partial charge in [-0.3, -0.25) is 0 Å². The van der Waals surface area contributed by atoms with Crippen molar-refractivity contribution in [2.45, 2.75) is 81.8 Å². The van der Waals surface area contributed by atoms with Crippen molar-refractivity contribution in [3.8, 4) is 0 Å². The quantitative estimate of drug-likeness (QED) is 0.755. The molecule has 0 aromatic rings. The molecule has 3 heterocycles. The molecule has 0 amide bonds. The average molecular weight is 312 g/mol. The van der Waals surface area contributed by atoms with E-state index in [1.54, 1.807) is 6.08 Å². The van der Waals surface area contributed by atoms with Crippen LogP contribution in [-0.2, 0) is 19.0 Å². The smallest absolute Gasteiger partial charge is 0.330 e. The SMILES string of the molecule is CCC[C@@H](O)CC1CC(O)CC2(C[C@@H]3OC(=O)C=C[C@@H]3O2)O1. The minimum absolute atomic E-state index is 0.245. The molecule has 22 heavy (non-hydrogen) atoms. The van der Waals surface area contributed by atoms with Gasteiger partial charge in [0.25, 0.3) is 0 Å². The molecule has 124 valence electrons. The van der Waals surface area contributed by atoms with Gasteiger partial charge in [-0.15, -0.1) is 0 Å². The summed E-state index contributed by atoms with van der Waals surface area (Å²) in [4.78, 5) is 11.3. The first kappa shape index (κ1) is 15.9. The summed E-state index contributed by atoms with van der Waals surface area (Å²) in [6, 6.07) is 0. The van der Waals surface area contributed by atoms with E-state index < -0.39 is 18.0 Å². The highest BCUT2D eigenvalue weighted by molar-refractivity contribution is 5.83. The average Bonchev–Trinajstić information content (AvgIpc) is 2.73. The molecule has 0 saturated carbocycles. The van der Waals surface area contributed by atoms with Crippen molar-refractivity contribution >= 4 is 5.97 Å². The number of aliphatic hydroxyl groups is 2. The summed E-state index contributed by atoms with van der Waals surface area (Å²) in [5.41, 5.74) is 0. The zero-order valence-corrected chi connectivity index (χ0v) is 12.8. The van der Waals surface area contributed by atoms with Crippen LogP contribution in [0.4, 0.5) is 0 Å². The third kappa shape index (κ3) is 3.35. The molecule has 2 N–H and O–H groups in total. The fourth-order valence-corrected chi connectivity index (χ4v) is 3.68. The van der Waals surface area contributed by atoms with Crippen LogP contribution in [0.3, 0.4) is 0 Å². The fourth-order valence-electron chi connectivity index (χ4n) is 3.68. The van der Waals surface area contributed by atoms with Gasteiger partial charge in [-0.1, -0.05) is 13.3 Å². The van der Waals surface area contributed by atoms with Gasteiger partial charge in [0.2, 0.25) is 0 Å². The van der Waals surface area contributed by atoms with E-state index in [1.807, 2.05) is 6.92 Å². The highest BCUT2D eigenvalue weighted by atomic mass is 16.7. The van der Waals surface area contributed by atoms with Gasteiger partial charge in [-0.2, -0.15) is 0 Å². The van der Waals surface area contributed by atoms with E-state index in [2.05, 4.69) is 0 Å². The Balaban J connectivity index is 1.66. The molecule has 0 aromatic carbocycles. The third-order valence-electron chi connectivity index (χ3n) is 4.54. The van der Waals surface area contributed by atoms with Gasteiger partial charge in [0.05, 0.1) is 18.3 Å². The van der Waals surface area contributed by atoms with Crippen molar-refractivity contribution in [2.75, 3.05) is 0 Å². The monoisotopic (exact) mass is 312 g/mol. The van der Waals surface area contributed by atoms with Crippen LogP contribution in [0.5, 0.6) is 0 Å². The highest BCUT2D eigenvalue weighted by Gasteiger charge is 2.53. The molecular formula is C16H24O6. The predicted molar refractivity (Wildman–Crippen MR) is 76.9 cm³/mol. The summed E-state index contributed by atoms with van der Waals surface area (Å²) >= 11 is 0. The molecule has 0 bridgehead atoms. The van der Waals surface area contributed by atoms with Crippen molar-refractivity contribution in [1.29, 1.82) is 0 Å². The Bertz CT molecular complexity index is 450. The minimum Gasteiger partial charge on any atom is -0.456 e. The highest BCUT2D eigenvalue weighted by Crippen LogP contribution is 2.43. The molecular weight excluding hydrogens is 288 g/mol. The molecule has 3 aliphatic rings. The van der Waals surface area contributed by atoms with Crippen LogP contribution in [0.2, 0.25) is 0 Å². The summed E-state index contributed by atoms with van der Waals surface area (Å²) in [6.45, 7) is 2.02. The van der Waals surface area contributed by atoms with E-state index in [0.717, 1.165) is 12.8 Å². The fraction of sp³-hybridized carbons (Fsp3) is 0.812. The van der Waals surface area contributed by atoms with Crippen molar-refractivity contribution < 1.29 is 29.2 Å². The number of rotatable bonds is 4. The zero-order valence-electron chi connectivity index (χ0n) is 12.8. The predicted octanol–water partition coefficient (Wildman–Crippen LogP) is 1.04. The van der Waals surface area contributed by atoms with E-state index in [1.165, 1.54) is 6.08 Å². The first-order chi connectivity index (χ1) is 10.5. The van der Waals surface area contributed by atoms with Gasteiger partial charge < -0.3 is 24.4 Å². The van der Waals surface area contributed by atoms with E-state index in [4.69, 9.17) is 14.2 Å². The van der Waals surface area contributed by atoms with Crippen LogP contribution in [-0.4, -0.2) is 52.5 Å². The number of hydrogen-bond donors (Lipinski definition) is 2. The number of esters is 1. The lowest BCUT2D eigenvalue weighted by atomic mass is 9.92. The molecule has 0 aliphatic carbocycles. The summed E-state index contributed by atoms with van der Waals surface area (Å²) < 4.78 is 17.3. The lowest BCUT2D eigenvalue weighted by Gasteiger charge is -2.40. The maximum Gasteiger partial charge on any atom is 0.330 e. The molecule has 2 saturated heterocycles. The Morgan fingerprint density at radius 3 is 3.00 bits per heavy atom. The summed E-state index contributed by atoms with van der Waals surface area (Å²) in [5.74, 6) is -1.29. The van der Waals surface area contributed by atoms with Gasteiger partial charge in [0.15, 0.2) is 5.79 Å². The van der Waals surface area contributed by atoms with E-state index in [0.29, 0.717) is 25.7 Å². The Morgan fingerprint density at radius 2 is 2.23 bits per heavy atom. The Labute approximate surface area is 130 Å². The first-order valence-corrected chi connectivity index (χ1v) is 8.10. The summed E-state index contributed by atoms with van der Waals surface area (Å²) in [6.07, 6.45) is 4.57. The van der Waals surface area contributed by atoms with E-state index in [-0.39, 0.29) is 24.3 Å². The second-order valence-electron chi connectivity index (χ2n) is 6.54. The van der Waals surface area contributed by atoms with Gasteiger partial charge in [0, 0.05) is 18.9 Å². The molecule has 0 radical (unpaired) electrons. The summed E-state index contributed by atoms with van der Waals surface area (Å²) in [7, 11) is 0. The Hall–Kier alpha value is -0.950. The number of fused-ring (bicyclic) bond motifs is 1. The maximum absolute atomic E-state index is 11.3. The van der Waals surface area contributed by atoms with Gasteiger partial charge >= 0.3 is 5.97 Å². The van der Waals surface area contributed by atoms with Crippen LogP contribution < -0.4 is 0 Å². The van der Waals surface area contributed by atoms with Crippen LogP contribution in [0.25, 0.3) is 0 Å². The first-order valence-electron chi connectivity index (χ1n) is 8.10. The molecule has 0 aromatic heterocycles. The van der Waals surface area contributed by atoms with Gasteiger partial charge in [-0.05, 0) is 25.3 Å². The number of carbonyl (C=O) groups excluding carboxylic acids is 1. The molecule has 6 nitrogen and oxygen atoms in total. The topological polar surface area (TPSA) is 85.2 Å². The van der Waals surface area contributed by atoms with Crippen molar-refractivity contribution in [3.05, 3.63) is 12.2 Å². The van der Waals surface area contributed by atoms with Crippen LogP contribution in [0.15, 0.2) is 12.2 Å². The van der Waals surface area contributed by atoms with Crippen LogP contribution in [0.1, 0.15) is 45.4 Å². The molecule has 1 spiro atoms. The lowest BCUT2D eigenvalue weighted by Crippen LogP contribution is -2.47. The number of hydrogen-bond acceptors (Lipinski definition) is 6. The van der Waals surface area contributed by atoms with Crippen molar-refractivity contribution in [3.63, 3.8) is 0 Å². The third-order valence-corrected chi connectivity index (χ3v) is 4.54. The molecule has 6 atom stereocenters. The number of ether oxygens (including phenoxy) is 3. The van der Waals surface area contributed by atoms with Crippen molar-refractivity contribution in [2.24, 2.45) is 0 Å². The minimum atomic E-state index is -0.918. The number of carbonyl (C=O) groups is 1. The maximum atomic E-state index is 11.3. The Kier molecular flexibility index (Phi) is 4.54. The van der Waals surface area contributed by atoms with Crippen LogP contribution in [0, 0.1) is 0 Å². The normalized spacial score (nSPS) is 42.2. The van der Waals surface area contributed by atoms with E-state index >= 15 is 0 Å². The van der Waals surface area contributed by atoms with E-state index in [9.17, 15) is 15.0 Å². The molecule has 2 fully saturated rings. The lowest BCUT2D eigenvalue weighted by molar-refractivity contribution is -0.285. The second-order valence-corrected chi connectivity index (χ2v) is 6.54. The largest absolute Gasteiger partial charge is 0.456 e. The standard InChI is InChI=1S/C16H24O6/c1-2-3-10(17)6-12-7-11(18)8-16(21-12)9-14-13(22-16)4-5-15(19)20-14/h4-5,10-14,17-18H,2-3,6-9H2,1H3/t10-,11?,12?,13+,14+,16?/m1/s1. The van der Waals surface area contributed by atoms with Crippen LogP contribution >= 0.6 is 0 Å². The molecule has 6 heteroatoms. The molecule has 3 rings (SSSR count).